The molecule has 5 nitrogen and oxygen atoms in total. The van der Waals surface area contributed by atoms with Crippen LogP contribution in [0.15, 0.2) is 42.5 Å². The van der Waals surface area contributed by atoms with Crippen LogP contribution in [0.3, 0.4) is 0 Å². The zero-order valence-corrected chi connectivity index (χ0v) is 18.7. The van der Waals surface area contributed by atoms with E-state index in [1.165, 1.54) is 6.42 Å². The number of aromatic amines is 1. The molecule has 3 aromatic rings. The molecule has 0 aliphatic heterocycles. The third-order valence-electron chi connectivity index (χ3n) is 5.71. The van der Waals surface area contributed by atoms with Gasteiger partial charge in [0.2, 0.25) is 0 Å². The molecule has 1 N–H and O–H groups in total. The zero-order valence-electron chi connectivity index (χ0n) is 17.2. The largest absolute Gasteiger partial charge is 0.341 e. The number of amides is 1. The highest BCUT2D eigenvalue weighted by Crippen LogP contribution is 2.32. The Kier molecular flexibility index (Phi) is 6.31. The highest BCUT2D eigenvalue weighted by molar-refractivity contribution is 6.36. The summed E-state index contributed by atoms with van der Waals surface area (Å²) in [6.45, 7) is 1.84. The number of carbonyl (C=O) groups is 1. The van der Waals surface area contributed by atoms with Crippen LogP contribution < -0.4 is 4.90 Å². The van der Waals surface area contributed by atoms with Gasteiger partial charge in [0.05, 0.1) is 16.7 Å². The topological polar surface area (TPSA) is 72.8 Å². The van der Waals surface area contributed by atoms with E-state index in [-0.39, 0.29) is 11.9 Å². The van der Waals surface area contributed by atoms with Crippen LogP contribution in [0.5, 0.6) is 0 Å². The molecule has 31 heavy (non-hydrogen) atoms. The first-order valence-electron chi connectivity index (χ1n) is 10.3. The fraction of sp³-hybridized carbons (Fsp3) is 0.292. The molecule has 0 atom stereocenters. The van der Waals surface area contributed by atoms with Crippen molar-refractivity contribution in [1.82, 2.24) is 9.97 Å². The third-order valence-corrected chi connectivity index (χ3v) is 6.25. The number of nitrogens with one attached hydrogen (secondary N) is 1. The van der Waals surface area contributed by atoms with Crippen molar-refractivity contribution in [2.75, 3.05) is 4.90 Å². The van der Waals surface area contributed by atoms with Crippen molar-refractivity contribution in [3.05, 3.63) is 69.5 Å². The second-order valence-electron chi connectivity index (χ2n) is 7.81. The molecule has 1 aliphatic rings. The lowest BCUT2D eigenvalue weighted by Crippen LogP contribution is -2.42. The van der Waals surface area contributed by atoms with Crippen LogP contribution in [-0.4, -0.2) is 21.9 Å². The Labute approximate surface area is 191 Å². The average Bonchev–Trinajstić information content (AvgIpc) is 3.16. The number of rotatable bonds is 4. The Hall–Kier alpha value is -2.81. The van der Waals surface area contributed by atoms with Gasteiger partial charge in [-0.3, -0.25) is 4.79 Å². The number of hydrogen-bond donors (Lipinski definition) is 1. The highest BCUT2D eigenvalue weighted by Gasteiger charge is 2.30. The number of nitrogens with zero attached hydrogens (tertiary/aromatic N) is 3. The zero-order chi connectivity index (χ0) is 22.0. The maximum atomic E-state index is 13.7. The van der Waals surface area contributed by atoms with E-state index >= 15 is 0 Å². The first kappa shape index (κ1) is 21.4. The first-order chi connectivity index (χ1) is 15.0. The molecule has 1 saturated carbocycles. The Balaban J connectivity index is 1.72. The van der Waals surface area contributed by atoms with Crippen LogP contribution in [0.25, 0.3) is 11.4 Å². The van der Waals surface area contributed by atoms with Crippen LogP contribution in [0, 0.1) is 18.3 Å². The molecule has 4 rings (SSSR count). The first-order valence-corrected chi connectivity index (χ1v) is 11.1. The van der Waals surface area contributed by atoms with Gasteiger partial charge in [-0.1, -0.05) is 42.5 Å². The van der Waals surface area contributed by atoms with Crippen molar-refractivity contribution < 1.29 is 4.79 Å². The van der Waals surface area contributed by atoms with Gasteiger partial charge in [-0.2, -0.15) is 5.26 Å². The predicted molar refractivity (Wildman–Crippen MR) is 124 cm³/mol. The molecule has 1 fully saturated rings. The van der Waals surface area contributed by atoms with Gasteiger partial charge in [-0.05, 0) is 62.2 Å². The van der Waals surface area contributed by atoms with Crippen LogP contribution in [0.1, 0.15) is 53.8 Å². The molecule has 0 saturated heterocycles. The minimum absolute atomic E-state index is 0.104. The quantitative estimate of drug-likeness (QED) is 0.487. The number of imidazole rings is 1. The molecule has 2 aromatic carbocycles. The van der Waals surface area contributed by atoms with Gasteiger partial charge in [-0.25, -0.2) is 4.98 Å². The normalized spacial score (nSPS) is 14.3. The molecule has 1 amide bonds. The standard InChI is InChI=1S/C24H22Cl2N4O/c1-15-22(29-23(28-15)20-12-9-17(25)13-21(20)26)24(31)30(18-5-3-2-4-6-18)19-10-7-16(14-27)8-11-19/h7-13,18H,2-6H2,1H3,(H,28,29). The van der Waals surface area contributed by atoms with Crippen molar-refractivity contribution in [2.45, 2.75) is 45.1 Å². The smallest absolute Gasteiger partial charge is 0.279 e. The number of nitriles is 1. The minimum Gasteiger partial charge on any atom is -0.341 e. The lowest BCUT2D eigenvalue weighted by Gasteiger charge is -2.34. The van der Waals surface area contributed by atoms with Gasteiger partial charge < -0.3 is 9.88 Å². The summed E-state index contributed by atoms with van der Waals surface area (Å²) in [5, 5.41) is 10.1. The number of anilines is 1. The van der Waals surface area contributed by atoms with Gasteiger partial charge in [0, 0.05) is 28.0 Å². The molecule has 0 bridgehead atoms. The maximum absolute atomic E-state index is 13.7. The summed E-state index contributed by atoms with van der Waals surface area (Å²) >= 11 is 12.4. The molecule has 1 aliphatic carbocycles. The van der Waals surface area contributed by atoms with E-state index in [9.17, 15) is 4.79 Å². The van der Waals surface area contributed by atoms with E-state index in [0.717, 1.165) is 31.4 Å². The van der Waals surface area contributed by atoms with Crippen molar-refractivity contribution >= 4 is 34.8 Å². The van der Waals surface area contributed by atoms with E-state index < -0.39 is 0 Å². The summed E-state index contributed by atoms with van der Waals surface area (Å²) in [6.07, 6.45) is 5.27. The van der Waals surface area contributed by atoms with Crippen LogP contribution in [0.2, 0.25) is 10.0 Å². The van der Waals surface area contributed by atoms with Crippen LogP contribution in [0.4, 0.5) is 5.69 Å². The second kappa shape index (κ2) is 9.13. The second-order valence-corrected chi connectivity index (χ2v) is 8.65. The molecular formula is C24H22Cl2N4O. The van der Waals surface area contributed by atoms with Crippen molar-refractivity contribution in [3.8, 4) is 17.5 Å². The Morgan fingerprint density at radius 2 is 1.84 bits per heavy atom. The number of benzene rings is 2. The van der Waals surface area contributed by atoms with Crippen LogP contribution in [-0.2, 0) is 0 Å². The molecule has 1 heterocycles. The summed E-state index contributed by atoms with van der Waals surface area (Å²) < 4.78 is 0. The Bertz CT molecular complexity index is 1140. The van der Waals surface area contributed by atoms with Crippen LogP contribution >= 0.6 is 23.2 Å². The Morgan fingerprint density at radius 1 is 1.13 bits per heavy atom. The lowest BCUT2D eigenvalue weighted by atomic mass is 9.93. The van der Waals surface area contributed by atoms with E-state index in [2.05, 4.69) is 16.0 Å². The van der Waals surface area contributed by atoms with Gasteiger partial charge in [-0.15, -0.1) is 0 Å². The van der Waals surface area contributed by atoms with Crippen molar-refractivity contribution in [1.29, 1.82) is 5.26 Å². The molecule has 0 spiro atoms. The molecular weight excluding hydrogens is 431 g/mol. The maximum Gasteiger partial charge on any atom is 0.279 e. The molecule has 1 aromatic heterocycles. The van der Waals surface area contributed by atoms with E-state index in [1.807, 2.05) is 24.0 Å². The van der Waals surface area contributed by atoms with Crippen molar-refractivity contribution in [3.63, 3.8) is 0 Å². The molecule has 7 heteroatoms. The number of aryl methyl sites for hydroxylation is 1. The monoisotopic (exact) mass is 452 g/mol. The number of hydrogen-bond acceptors (Lipinski definition) is 3. The van der Waals surface area contributed by atoms with E-state index in [0.29, 0.717) is 38.4 Å². The fourth-order valence-corrected chi connectivity index (χ4v) is 4.62. The summed E-state index contributed by atoms with van der Waals surface area (Å²) in [5.74, 6) is 0.382. The molecule has 158 valence electrons. The summed E-state index contributed by atoms with van der Waals surface area (Å²) in [4.78, 5) is 23.4. The summed E-state index contributed by atoms with van der Waals surface area (Å²) in [7, 11) is 0. The Morgan fingerprint density at radius 3 is 2.48 bits per heavy atom. The van der Waals surface area contributed by atoms with Crippen molar-refractivity contribution in [2.24, 2.45) is 0 Å². The molecule has 0 unspecified atom stereocenters. The number of halogens is 2. The van der Waals surface area contributed by atoms with Gasteiger partial charge in [0.15, 0.2) is 0 Å². The number of carbonyl (C=O) groups excluding carboxylic acids is 1. The van der Waals surface area contributed by atoms with Gasteiger partial charge in [0.25, 0.3) is 5.91 Å². The lowest BCUT2D eigenvalue weighted by molar-refractivity contribution is 0.0965. The number of aromatic nitrogens is 2. The van der Waals surface area contributed by atoms with E-state index in [4.69, 9.17) is 28.5 Å². The van der Waals surface area contributed by atoms with Gasteiger partial charge >= 0.3 is 0 Å². The van der Waals surface area contributed by atoms with E-state index in [1.54, 1.807) is 30.3 Å². The highest BCUT2D eigenvalue weighted by atomic mass is 35.5. The summed E-state index contributed by atoms with van der Waals surface area (Å²) in [5.41, 5.74) is 3.09. The third kappa shape index (κ3) is 4.46. The predicted octanol–water partition coefficient (Wildman–Crippen LogP) is 6.54. The fourth-order valence-electron chi connectivity index (χ4n) is 4.12. The SMILES string of the molecule is Cc1[nH]c(-c2ccc(Cl)cc2Cl)nc1C(=O)N(c1ccc(C#N)cc1)C1CCCCC1. The summed E-state index contributed by atoms with van der Waals surface area (Å²) in [6, 6.07) is 14.6. The average molecular weight is 453 g/mol. The number of H-pyrrole nitrogens is 1. The minimum atomic E-state index is -0.151. The van der Waals surface area contributed by atoms with Gasteiger partial charge in [0.1, 0.15) is 11.5 Å². The molecule has 0 radical (unpaired) electrons.